The lowest BCUT2D eigenvalue weighted by Gasteiger charge is -2.42. The predicted octanol–water partition coefficient (Wildman–Crippen LogP) is 3.84. The summed E-state index contributed by atoms with van der Waals surface area (Å²) in [6.45, 7) is 11.9. The molecule has 4 unspecified atom stereocenters. The van der Waals surface area contributed by atoms with E-state index >= 15 is 0 Å². The molecule has 0 saturated carbocycles. The van der Waals surface area contributed by atoms with E-state index in [-0.39, 0.29) is 11.9 Å². The summed E-state index contributed by atoms with van der Waals surface area (Å²) in [7, 11) is 0. The monoisotopic (exact) mass is 292 g/mol. The number of benzene rings is 1. The van der Waals surface area contributed by atoms with Crippen LogP contribution in [-0.2, 0) is 0 Å². The minimum Gasteiger partial charge on any atom is -0.309 e. The minimum absolute atomic E-state index is 0.0659. The van der Waals surface area contributed by atoms with Gasteiger partial charge in [0.15, 0.2) is 0 Å². The highest BCUT2D eigenvalue weighted by atomic mass is 19.1. The molecule has 3 heteroatoms. The van der Waals surface area contributed by atoms with Gasteiger partial charge in [-0.15, -0.1) is 0 Å². The predicted molar refractivity (Wildman–Crippen MR) is 86.8 cm³/mol. The van der Waals surface area contributed by atoms with Gasteiger partial charge in [-0.1, -0.05) is 39.0 Å². The van der Waals surface area contributed by atoms with Crippen LogP contribution in [0, 0.1) is 17.7 Å². The molecule has 1 heterocycles. The molecule has 1 aromatic rings. The van der Waals surface area contributed by atoms with Gasteiger partial charge in [-0.2, -0.15) is 0 Å². The van der Waals surface area contributed by atoms with Crippen LogP contribution < -0.4 is 5.32 Å². The first-order valence-electron chi connectivity index (χ1n) is 8.24. The molecule has 0 aliphatic carbocycles. The molecule has 0 spiro atoms. The third-order valence-electron chi connectivity index (χ3n) is 4.87. The Morgan fingerprint density at radius 2 is 2.00 bits per heavy atom. The fourth-order valence-corrected chi connectivity index (χ4v) is 3.58. The zero-order valence-electron chi connectivity index (χ0n) is 13.8. The Balaban J connectivity index is 2.14. The highest BCUT2D eigenvalue weighted by molar-refractivity contribution is 5.21. The molecule has 1 aromatic carbocycles. The Kier molecular flexibility index (Phi) is 5.77. The quantitative estimate of drug-likeness (QED) is 0.887. The summed E-state index contributed by atoms with van der Waals surface area (Å²) in [6.07, 6.45) is 1.29. The van der Waals surface area contributed by atoms with Crippen molar-refractivity contribution < 1.29 is 4.39 Å². The second kappa shape index (κ2) is 7.37. The number of likely N-dealkylation sites (N-methyl/N-ethyl adjacent to an activating group) is 1. The van der Waals surface area contributed by atoms with Crippen LogP contribution in [0.15, 0.2) is 24.3 Å². The van der Waals surface area contributed by atoms with Gasteiger partial charge in [0.1, 0.15) is 5.82 Å². The van der Waals surface area contributed by atoms with E-state index in [2.05, 4.69) is 37.9 Å². The third kappa shape index (κ3) is 4.04. The van der Waals surface area contributed by atoms with Gasteiger partial charge in [-0.25, -0.2) is 4.39 Å². The van der Waals surface area contributed by atoms with E-state index in [4.69, 9.17) is 0 Å². The Labute approximate surface area is 128 Å². The van der Waals surface area contributed by atoms with Gasteiger partial charge in [-0.05, 0) is 37.8 Å². The Bertz CT molecular complexity index is 449. The van der Waals surface area contributed by atoms with Crippen molar-refractivity contribution in [3.63, 3.8) is 0 Å². The maximum Gasteiger partial charge on any atom is 0.128 e. The van der Waals surface area contributed by atoms with Crippen LogP contribution in [0.2, 0.25) is 0 Å². The second-order valence-corrected chi connectivity index (χ2v) is 6.64. The lowest BCUT2D eigenvalue weighted by Crippen LogP contribution is -2.49. The Morgan fingerprint density at radius 3 is 2.67 bits per heavy atom. The zero-order valence-corrected chi connectivity index (χ0v) is 13.8. The summed E-state index contributed by atoms with van der Waals surface area (Å²) in [5, 5.41) is 3.46. The summed E-state index contributed by atoms with van der Waals surface area (Å²) in [5.41, 5.74) is 0.789. The molecule has 0 radical (unpaired) electrons. The summed E-state index contributed by atoms with van der Waals surface area (Å²) >= 11 is 0. The molecule has 0 amide bonds. The summed E-state index contributed by atoms with van der Waals surface area (Å²) in [6, 6.07) is 7.78. The van der Waals surface area contributed by atoms with Crippen molar-refractivity contribution in [1.29, 1.82) is 0 Å². The van der Waals surface area contributed by atoms with Gasteiger partial charge in [-0.3, -0.25) is 4.90 Å². The number of hydrogen-bond donors (Lipinski definition) is 1. The van der Waals surface area contributed by atoms with E-state index in [0.29, 0.717) is 12.0 Å². The van der Waals surface area contributed by atoms with Crippen molar-refractivity contribution in [2.45, 2.75) is 46.2 Å². The van der Waals surface area contributed by atoms with Crippen LogP contribution in [0.5, 0.6) is 0 Å². The number of rotatable bonds is 5. The molecule has 2 rings (SSSR count). The first-order valence-corrected chi connectivity index (χ1v) is 8.24. The lowest BCUT2D eigenvalue weighted by atomic mass is 9.85. The van der Waals surface area contributed by atoms with Crippen molar-refractivity contribution in [2.24, 2.45) is 11.8 Å². The van der Waals surface area contributed by atoms with Gasteiger partial charge in [0.2, 0.25) is 0 Å². The van der Waals surface area contributed by atoms with E-state index < -0.39 is 0 Å². The largest absolute Gasteiger partial charge is 0.309 e. The molecule has 2 nitrogen and oxygen atoms in total. The number of hydrogen-bond acceptors (Lipinski definition) is 2. The highest BCUT2D eigenvalue weighted by Gasteiger charge is 2.30. The maximum absolute atomic E-state index is 14.1. The molecule has 1 fully saturated rings. The van der Waals surface area contributed by atoms with Crippen LogP contribution in [0.25, 0.3) is 0 Å². The maximum atomic E-state index is 14.1. The number of nitrogens with one attached hydrogen (secondary N) is 1. The third-order valence-corrected chi connectivity index (χ3v) is 4.87. The van der Waals surface area contributed by atoms with Gasteiger partial charge in [0.25, 0.3) is 0 Å². The van der Waals surface area contributed by atoms with E-state index in [0.717, 1.165) is 31.1 Å². The first-order chi connectivity index (χ1) is 10.0. The van der Waals surface area contributed by atoms with Crippen molar-refractivity contribution >= 4 is 0 Å². The normalized spacial score (nSPS) is 28.5. The summed E-state index contributed by atoms with van der Waals surface area (Å²) < 4.78 is 14.1. The number of halogens is 1. The average Bonchev–Trinajstić information content (AvgIpc) is 2.44. The first kappa shape index (κ1) is 16.4. The second-order valence-electron chi connectivity index (χ2n) is 6.64. The number of piperidine rings is 1. The fourth-order valence-electron chi connectivity index (χ4n) is 3.58. The highest BCUT2D eigenvalue weighted by Crippen LogP contribution is 2.29. The van der Waals surface area contributed by atoms with Gasteiger partial charge in [0.05, 0.1) is 0 Å². The molecule has 118 valence electrons. The van der Waals surface area contributed by atoms with Crippen LogP contribution in [0.3, 0.4) is 0 Å². The van der Waals surface area contributed by atoms with Crippen molar-refractivity contribution in [3.05, 3.63) is 35.6 Å². The molecule has 0 bridgehead atoms. The van der Waals surface area contributed by atoms with Gasteiger partial charge >= 0.3 is 0 Å². The lowest BCUT2D eigenvalue weighted by molar-refractivity contribution is 0.0700. The summed E-state index contributed by atoms with van der Waals surface area (Å²) in [5.74, 6) is 1.32. The Hall–Kier alpha value is -0.930. The molecule has 1 aliphatic heterocycles. The van der Waals surface area contributed by atoms with Crippen LogP contribution >= 0.6 is 0 Å². The molecule has 1 N–H and O–H groups in total. The van der Waals surface area contributed by atoms with Gasteiger partial charge < -0.3 is 5.32 Å². The molecule has 4 atom stereocenters. The van der Waals surface area contributed by atoms with Crippen molar-refractivity contribution in [1.82, 2.24) is 10.2 Å². The Morgan fingerprint density at radius 1 is 1.29 bits per heavy atom. The molecule has 0 aromatic heterocycles. The SMILES string of the molecule is CCNC(CN1CC(C)CC(C)C1C)c1ccccc1F. The van der Waals surface area contributed by atoms with Crippen LogP contribution in [-0.4, -0.2) is 30.6 Å². The van der Waals surface area contributed by atoms with E-state index in [9.17, 15) is 4.39 Å². The molecular formula is C18H29FN2. The average molecular weight is 292 g/mol. The van der Waals surface area contributed by atoms with Crippen LogP contribution in [0.4, 0.5) is 4.39 Å². The fraction of sp³-hybridized carbons (Fsp3) is 0.667. The minimum atomic E-state index is -0.103. The molecular weight excluding hydrogens is 263 g/mol. The molecule has 1 saturated heterocycles. The number of likely N-dealkylation sites (tertiary alicyclic amines) is 1. The van der Waals surface area contributed by atoms with Gasteiger partial charge in [0, 0.05) is 30.7 Å². The zero-order chi connectivity index (χ0) is 15.4. The van der Waals surface area contributed by atoms with E-state index in [1.807, 2.05) is 12.1 Å². The smallest absolute Gasteiger partial charge is 0.128 e. The molecule has 1 aliphatic rings. The summed E-state index contributed by atoms with van der Waals surface area (Å²) in [4.78, 5) is 2.53. The van der Waals surface area contributed by atoms with E-state index in [1.54, 1.807) is 12.1 Å². The van der Waals surface area contributed by atoms with Crippen molar-refractivity contribution in [3.8, 4) is 0 Å². The van der Waals surface area contributed by atoms with E-state index in [1.165, 1.54) is 6.42 Å². The standard InChI is InChI=1S/C18H29FN2/c1-5-20-18(16-8-6-7-9-17(16)19)12-21-11-13(2)10-14(3)15(21)4/h6-9,13-15,18,20H,5,10-12H2,1-4H3. The van der Waals surface area contributed by atoms with Crippen molar-refractivity contribution in [2.75, 3.05) is 19.6 Å². The molecule has 21 heavy (non-hydrogen) atoms. The topological polar surface area (TPSA) is 15.3 Å². The number of nitrogens with zero attached hydrogens (tertiary/aromatic N) is 1. The van der Waals surface area contributed by atoms with Crippen LogP contribution in [0.1, 0.15) is 45.7 Å².